The van der Waals surface area contributed by atoms with Gasteiger partial charge in [0.15, 0.2) is 0 Å². The van der Waals surface area contributed by atoms with E-state index in [0.717, 1.165) is 6.42 Å². The zero-order valence-electron chi connectivity index (χ0n) is 11.8. The molecule has 2 N–H and O–H groups in total. The minimum Gasteiger partial charge on any atom is -0.396 e. The molecule has 0 aliphatic heterocycles. The highest BCUT2D eigenvalue weighted by atomic mass is 19.1. The summed E-state index contributed by atoms with van der Waals surface area (Å²) in [6.45, 7) is 5.99. The number of nitrogens with one attached hydrogen (secondary N) is 1. The van der Waals surface area contributed by atoms with Gasteiger partial charge in [0.1, 0.15) is 5.82 Å². The lowest BCUT2D eigenvalue weighted by molar-refractivity contribution is 0.0943. The maximum Gasteiger partial charge on any atom is 0.251 e. The Kier molecular flexibility index (Phi) is 5.96. The zero-order valence-corrected chi connectivity index (χ0v) is 11.8. The quantitative estimate of drug-likeness (QED) is 0.832. The van der Waals surface area contributed by atoms with Gasteiger partial charge in [0, 0.05) is 18.7 Å². The first-order chi connectivity index (χ1) is 8.99. The molecule has 0 bridgehead atoms. The van der Waals surface area contributed by atoms with Gasteiger partial charge in [0.2, 0.25) is 0 Å². The molecule has 0 spiro atoms. The minimum atomic E-state index is -0.261. The molecular weight excluding hydrogens is 245 g/mol. The monoisotopic (exact) mass is 267 g/mol. The van der Waals surface area contributed by atoms with Crippen LogP contribution in [0.15, 0.2) is 12.1 Å². The summed E-state index contributed by atoms with van der Waals surface area (Å²) < 4.78 is 13.5. The summed E-state index contributed by atoms with van der Waals surface area (Å²) in [7, 11) is 0. The second-order valence-corrected chi connectivity index (χ2v) is 4.92. The second-order valence-electron chi connectivity index (χ2n) is 4.92. The molecule has 0 aliphatic carbocycles. The van der Waals surface area contributed by atoms with Crippen LogP contribution in [0, 0.1) is 25.6 Å². The fourth-order valence-electron chi connectivity index (χ4n) is 2.05. The van der Waals surface area contributed by atoms with E-state index in [0.29, 0.717) is 29.7 Å². The van der Waals surface area contributed by atoms with Crippen LogP contribution in [0.25, 0.3) is 0 Å². The van der Waals surface area contributed by atoms with E-state index in [1.54, 1.807) is 26.0 Å². The van der Waals surface area contributed by atoms with Crippen LogP contribution in [0.3, 0.4) is 0 Å². The van der Waals surface area contributed by atoms with E-state index in [2.05, 4.69) is 5.32 Å². The number of hydrogen-bond acceptors (Lipinski definition) is 2. The van der Waals surface area contributed by atoms with E-state index in [9.17, 15) is 9.18 Å². The topological polar surface area (TPSA) is 49.3 Å². The molecule has 1 amide bonds. The Balaban J connectivity index is 2.68. The molecule has 0 aromatic heterocycles. The van der Waals surface area contributed by atoms with Gasteiger partial charge in [-0.3, -0.25) is 4.79 Å². The first-order valence-corrected chi connectivity index (χ1v) is 6.65. The highest BCUT2D eigenvalue weighted by Gasteiger charge is 2.12. The van der Waals surface area contributed by atoms with Gasteiger partial charge >= 0.3 is 0 Å². The maximum absolute atomic E-state index is 13.5. The average molecular weight is 267 g/mol. The van der Waals surface area contributed by atoms with E-state index >= 15 is 0 Å². The van der Waals surface area contributed by atoms with Gasteiger partial charge < -0.3 is 10.4 Å². The third kappa shape index (κ3) is 4.31. The number of amides is 1. The van der Waals surface area contributed by atoms with E-state index in [-0.39, 0.29) is 24.2 Å². The van der Waals surface area contributed by atoms with Gasteiger partial charge in [-0.2, -0.15) is 0 Å². The zero-order chi connectivity index (χ0) is 14.4. The van der Waals surface area contributed by atoms with Crippen LogP contribution in [0.1, 0.15) is 41.3 Å². The van der Waals surface area contributed by atoms with Crippen molar-refractivity contribution in [3.63, 3.8) is 0 Å². The van der Waals surface area contributed by atoms with Gasteiger partial charge in [0.05, 0.1) is 0 Å². The Labute approximate surface area is 113 Å². The van der Waals surface area contributed by atoms with Crippen molar-refractivity contribution in [2.45, 2.75) is 33.6 Å². The summed E-state index contributed by atoms with van der Waals surface area (Å²) in [6.07, 6.45) is 1.58. The number of halogens is 1. The van der Waals surface area contributed by atoms with Crippen LogP contribution in [0.4, 0.5) is 4.39 Å². The molecule has 0 heterocycles. The second kappa shape index (κ2) is 7.24. The number of hydrogen-bond donors (Lipinski definition) is 2. The van der Waals surface area contributed by atoms with Crippen LogP contribution >= 0.6 is 0 Å². The molecule has 0 aliphatic rings. The molecule has 1 aromatic rings. The molecule has 1 unspecified atom stereocenters. The van der Waals surface area contributed by atoms with Crippen molar-refractivity contribution in [1.29, 1.82) is 0 Å². The summed E-state index contributed by atoms with van der Waals surface area (Å²) in [6, 6.07) is 3.12. The first kappa shape index (κ1) is 15.6. The molecule has 3 nitrogen and oxygen atoms in total. The molecular formula is C15H22FNO2. The largest absolute Gasteiger partial charge is 0.396 e. The minimum absolute atomic E-state index is 0.128. The standard InChI is InChI=1S/C15H22FNO2/c1-4-12(5-6-18)9-17-15(19)13-7-10(2)14(16)11(3)8-13/h7-8,12,18H,4-6,9H2,1-3H3,(H,17,19). The molecule has 0 radical (unpaired) electrons. The van der Waals surface area contributed by atoms with E-state index in [1.807, 2.05) is 6.92 Å². The highest BCUT2D eigenvalue weighted by Crippen LogP contribution is 2.15. The normalized spacial score (nSPS) is 12.3. The lowest BCUT2D eigenvalue weighted by atomic mass is 10.0. The van der Waals surface area contributed by atoms with Crippen molar-refractivity contribution >= 4 is 5.91 Å². The third-order valence-electron chi connectivity index (χ3n) is 3.36. The summed E-state index contributed by atoms with van der Waals surface area (Å²) in [5.74, 6) is -0.178. The molecule has 4 heteroatoms. The van der Waals surface area contributed by atoms with Crippen LogP contribution < -0.4 is 5.32 Å². The Morgan fingerprint density at radius 1 is 1.37 bits per heavy atom. The highest BCUT2D eigenvalue weighted by molar-refractivity contribution is 5.94. The van der Waals surface area contributed by atoms with Crippen molar-refractivity contribution in [3.05, 3.63) is 34.6 Å². The van der Waals surface area contributed by atoms with Gasteiger partial charge in [-0.15, -0.1) is 0 Å². The fraction of sp³-hybridized carbons (Fsp3) is 0.533. The number of aryl methyl sites for hydroxylation is 2. The fourth-order valence-corrected chi connectivity index (χ4v) is 2.05. The number of aliphatic hydroxyl groups excluding tert-OH is 1. The predicted octanol–water partition coefficient (Wildman–Crippen LogP) is 2.58. The molecule has 0 saturated carbocycles. The van der Waals surface area contributed by atoms with Gasteiger partial charge in [-0.1, -0.05) is 13.3 Å². The number of benzene rings is 1. The predicted molar refractivity (Wildman–Crippen MR) is 73.7 cm³/mol. The lowest BCUT2D eigenvalue weighted by Gasteiger charge is -2.14. The van der Waals surface area contributed by atoms with Crippen molar-refractivity contribution in [2.75, 3.05) is 13.2 Å². The van der Waals surface area contributed by atoms with Crippen LogP contribution in [-0.2, 0) is 0 Å². The third-order valence-corrected chi connectivity index (χ3v) is 3.36. The summed E-state index contributed by atoms with van der Waals surface area (Å²) in [4.78, 5) is 12.0. The lowest BCUT2D eigenvalue weighted by Crippen LogP contribution is -2.29. The van der Waals surface area contributed by atoms with E-state index in [4.69, 9.17) is 5.11 Å². The number of rotatable bonds is 6. The van der Waals surface area contributed by atoms with E-state index in [1.165, 1.54) is 0 Å². The SMILES string of the molecule is CCC(CCO)CNC(=O)c1cc(C)c(F)c(C)c1. The smallest absolute Gasteiger partial charge is 0.251 e. The van der Waals surface area contributed by atoms with Crippen molar-refractivity contribution in [1.82, 2.24) is 5.32 Å². The van der Waals surface area contributed by atoms with Gasteiger partial charge in [-0.25, -0.2) is 4.39 Å². The average Bonchev–Trinajstić information content (AvgIpc) is 2.39. The maximum atomic E-state index is 13.5. The summed E-state index contributed by atoms with van der Waals surface area (Å²) in [5.41, 5.74) is 1.44. The number of carbonyl (C=O) groups excluding carboxylic acids is 1. The number of aliphatic hydroxyl groups is 1. The first-order valence-electron chi connectivity index (χ1n) is 6.65. The Morgan fingerprint density at radius 2 is 1.95 bits per heavy atom. The number of carbonyl (C=O) groups is 1. The van der Waals surface area contributed by atoms with Crippen LogP contribution in [0.5, 0.6) is 0 Å². The van der Waals surface area contributed by atoms with Crippen molar-refractivity contribution < 1.29 is 14.3 Å². The van der Waals surface area contributed by atoms with Gasteiger partial charge in [-0.05, 0) is 49.4 Å². The Morgan fingerprint density at radius 3 is 2.42 bits per heavy atom. The molecule has 1 atom stereocenters. The molecule has 106 valence electrons. The van der Waals surface area contributed by atoms with E-state index < -0.39 is 0 Å². The molecule has 1 aromatic carbocycles. The van der Waals surface area contributed by atoms with Gasteiger partial charge in [0.25, 0.3) is 5.91 Å². The molecule has 1 rings (SSSR count). The van der Waals surface area contributed by atoms with Crippen LogP contribution in [0.2, 0.25) is 0 Å². The van der Waals surface area contributed by atoms with Crippen LogP contribution in [-0.4, -0.2) is 24.2 Å². The summed E-state index contributed by atoms with van der Waals surface area (Å²) >= 11 is 0. The van der Waals surface area contributed by atoms with Crippen molar-refractivity contribution in [3.8, 4) is 0 Å². The summed E-state index contributed by atoms with van der Waals surface area (Å²) in [5, 5.41) is 11.7. The molecule has 19 heavy (non-hydrogen) atoms. The Bertz CT molecular complexity index is 423. The van der Waals surface area contributed by atoms with Crippen molar-refractivity contribution in [2.24, 2.45) is 5.92 Å². The molecule has 0 saturated heterocycles. The Hall–Kier alpha value is -1.42. The molecule has 0 fully saturated rings.